The van der Waals surface area contributed by atoms with Crippen molar-refractivity contribution in [3.05, 3.63) is 34.9 Å². The van der Waals surface area contributed by atoms with Crippen LogP contribution in [0.2, 0.25) is 0 Å². The van der Waals surface area contributed by atoms with Gasteiger partial charge in [0.15, 0.2) is 0 Å². The highest BCUT2D eigenvalue weighted by atomic mass is 19.3. The van der Waals surface area contributed by atoms with Gasteiger partial charge in [-0.2, -0.15) is 0 Å². The van der Waals surface area contributed by atoms with Crippen LogP contribution >= 0.6 is 0 Å². The Morgan fingerprint density at radius 1 is 1.40 bits per heavy atom. The molecule has 0 atom stereocenters. The first kappa shape index (κ1) is 10.5. The number of ether oxygens (including phenoxy) is 1. The van der Waals surface area contributed by atoms with Crippen LogP contribution in [0.15, 0.2) is 18.2 Å². The molecule has 0 saturated carbocycles. The number of rotatable bonds is 3. The van der Waals surface area contributed by atoms with Crippen LogP contribution in [-0.2, 0) is 11.3 Å². The molecular formula is C11H12F2O2. The first-order valence-corrected chi connectivity index (χ1v) is 4.82. The van der Waals surface area contributed by atoms with E-state index in [4.69, 9.17) is 9.84 Å². The molecule has 0 amide bonds. The number of benzene rings is 1. The van der Waals surface area contributed by atoms with Crippen LogP contribution in [0.3, 0.4) is 0 Å². The Kier molecular flexibility index (Phi) is 2.98. The topological polar surface area (TPSA) is 29.5 Å². The third kappa shape index (κ3) is 2.01. The molecule has 1 heterocycles. The quantitative estimate of drug-likeness (QED) is 0.836. The molecule has 0 aromatic heterocycles. The van der Waals surface area contributed by atoms with Gasteiger partial charge in [0.2, 0.25) is 0 Å². The lowest BCUT2D eigenvalue weighted by atomic mass is 9.94. The van der Waals surface area contributed by atoms with Gasteiger partial charge in [0.25, 0.3) is 6.43 Å². The van der Waals surface area contributed by atoms with E-state index < -0.39 is 6.43 Å². The van der Waals surface area contributed by atoms with Crippen LogP contribution < -0.4 is 0 Å². The van der Waals surface area contributed by atoms with E-state index in [1.807, 2.05) is 0 Å². The van der Waals surface area contributed by atoms with Gasteiger partial charge >= 0.3 is 0 Å². The molecule has 1 aromatic carbocycles. The van der Waals surface area contributed by atoms with Gasteiger partial charge < -0.3 is 9.84 Å². The van der Waals surface area contributed by atoms with Gasteiger partial charge in [-0.1, -0.05) is 12.1 Å². The fourth-order valence-electron chi connectivity index (χ4n) is 1.64. The van der Waals surface area contributed by atoms with Crippen molar-refractivity contribution in [3.8, 4) is 0 Å². The van der Waals surface area contributed by atoms with E-state index in [9.17, 15) is 8.78 Å². The summed E-state index contributed by atoms with van der Waals surface area (Å²) in [5, 5.41) is 8.91. The van der Waals surface area contributed by atoms with Crippen molar-refractivity contribution < 1.29 is 18.6 Å². The maximum Gasteiger partial charge on any atom is 0.264 e. The van der Waals surface area contributed by atoms with Crippen LogP contribution in [0.25, 0.3) is 0 Å². The molecule has 1 aromatic rings. The van der Waals surface area contributed by atoms with E-state index in [-0.39, 0.29) is 18.1 Å². The maximum atomic E-state index is 12.6. The summed E-state index contributed by atoms with van der Waals surface area (Å²) in [4.78, 5) is 0. The van der Waals surface area contributed by atoms with Crippen LogP contribution in [0.1, 0.15) is 29.0 Å². The molecule has 0 bridgehead atoms. The molecule has 1 aliphatic heterocycles. The van der Waals surface area contributed by atoms with Gasteiger partial charge in [-0.3, -0.25) is 0 Å². The van der Waals surface area contributed by atoms with Gasteiger partial charge in [-0.15, -0.1) is 0 Å². The first-order valence-electron chi connectivity index (χ1n) is 4.82. The minimum Gasteiger partial charge on any atom is -0.392 e. The van der Waals surface area contributed by atoms with Crippen LogP contribution in [0.4, 0.5) is 8.78 Å². The van der Waals surface area contributed by atoms with Crippen LogP contribution in [0, 0.1) is 0 Å². The molecule has 0 spiro atoms. The van der Waals surface area contributed by atoms with Crippen LogP contribution in [-0.4, -0.2) is 18.3 Å². The van der Waals surface area contributed by atoms with E-state index in [2.05, 4.69) is 0 Å². The van der Waals surface area contributed by atoms with Gasteiger partial charge in [0, 0.05) is 11.5 Å². The van der Waals surface area contributed by atoms with E-state index in [0.717, 1.165) is 5.56 Å². The Balaban J connectivity index is 2.31. The average molecular weight is 214 g/mol. The average Bonchev–Trinajstić information content (AvgIpc) is 2.15. The summed E-state index contributed by atoms with van der Waals surface area (Å²) in [7, 11) is 0. The summed E-state index contributed by atoms with van der Waals surface area (Å²) in [6.45, 7) is 0.851. The SMILES string of the molecule is OCc1ccc(C2COC2)cc1C(F)F. The predicted octanol–water partition coefficient (Wildman–Crippen LogP) is 2.23. The lowest BCUT2D eigenvalue weighted by Gasteiger charge is -2.27. The van der Waals surface area contributed by atoms with Gasteiger partial charge in [-0.05, 0) is 17.2 Å². The molecule has 15 heavy (non-hydrogen) atoms. The molecule has 82 valence electrons. The van der Waals surface area contributed by atoms with Gasteiger partial charge in [0.05, 0.1) is 19.8 Å². The van der Waals surface area contributed by atoms with Crippen molar-refractivity contribution in [1.82, 2.24) is 0 Å². The normalized spacial score (nSPS) is 16.8. The number of halogens is 2. The van der Waals surface area contributed by atoms with Crippen molar-refractivity contribution in [3.63, 3.8) is 0 Å². The highest BCUT2D eigenvalue weighted by Crippen LogP contribution is 2.30. The van der Waals surface area contributed by atoms with Gasteiger partial charge in [0.1, 0.15) is 0 Å². The maximum absolute atomic E-state index is 12.6. The summed E-state index contributed by atoms with van der Waals surface area (Å²) >= 11 is 0. The molecule has 0 unspecified atom stereocenters. The minimum atomic E-state index is -2.53. The van der Waals surface area contributed by atoms with Crippen molar-refractivity contribution in [2.24, 2.45) is 0 Å². The first-order chi connectivity index (χ1) is 7.22. The Hall–Kier alpha value is -1.00. The zero-order valence-corrected chi connectivity index (χ0v) is 8.12. The number of alkyl halides is 2. The van der Waals surface area contributed by atoms with Crippen molar-refractivity contribution in [2.45, 2.75) is 19.0 Å². The van der Waals surface area contributed by atoms with E-state index in [0.29, 0.717) is 18.8 Å². The zero-order valence-electron chi connectivity index (χ0n) is 8.12. The highest BCUT2D eigenvalue weighted by Gasteiger charge is 2.22. The molecule has 1 saturated heterocycles. The molecule has 1 fully saturated rings. The molecule has 0 radical (unpaired) electrons. The lowest BCUT2D eigenvalue weighted by molar-refractivity contribution is 0.00826. The number of aliphatic hydroxyl groups is 1. The number of aliphatic hydroxyl groups excluding tert-OH is 1. The second kappa shape index (κ2) is 4.24. The number of hydrogen-bond acceptors (Lipinski definition) is 2. The molecule has 0 aliphatic carbocycles. The fourth-order valence-corrected chi connectivity index (χ4v) is 1.64. The summed E-state index contributed by atoms with van der Waals surface area (Å²) in [5.41, 5.74) is 1.10. The molecule has 1 N–H and O–H groups in total. The Labute approximate surface area is 86.5 Å². The molecule has 1 aliphatic rings. The largest absolute Gasteiger partial charge is 0.392 e. The summed E-state index contributed by atoms with van der Waals surface area (Å²) < 4.78 is 30.3. The molecule has 4 heteroatoms. The number of hydrogen-bond donors (Lipinski definition) is 1. The van der Waals surface area contributed by atoms with Crippen molar-refractivity contribution in [2.75, 3.05) is 13.2 Å². The van der Waals surface area contributed by atoms with E-state index in [1.165, 1.54) is 6.07 Å². The highest BCUT2D eigenvalue weighted by molar-refractivity contribution is 5.35. The smallest absolute Gasteiger partial charge is 0.264 e. The van der Waals surface area contributed by atoms with Crippen LogP contribution in [0.5, 0.6) is 0 Å². The van der Waals surface area contributed by atoms with Gasteiger partial charge in [-0.25, -0.2) is 8.78 Å². The Morgan fingerprint density at radius 3 is 2.60 bits per heavy atom. The molecular weight excluding hydrogens is 202 g/mol. The van der Waals surface area contributed by atoms with Crippen molar-refractivity contribution >= 4 is 0 Å². The minimum absolute atomic E-state index is 0.0677. The van der Waals surface area contributed by atoms with E-state index >= 15 is 0 Å². The van der Waals surface area contributed by atoms with Crippen molar-refractivity contribution in [1.29, 1.82) is 0 Å². The summed E-state index contributed by atoms with van der Waals surface area (Å²) in [6.07, 6.45) is -2.53. The van der Waals surface area contributed by atoms with E-state index in [1.54, 1.807) is 12.1 Å². The second-order valence-corrected chi connectivity index (χ2v) is 3.65. The molecule has 2 nitrogen and oxygen atoms in total. The third-order valence-corrected chi connectivity index (χ3v) is 2.68. The predicted molar refractivity (Wildman–Crippen MR) is 50.9 cm³/mol. The summed E-state index contributed by atoms with van der Waals surface area (Å²) in [5.74, 6) is 0.232. The Bertz CT molecular complexity index is 348. The molecule has 2 rings (SSSR count). The Morgan fingerprint density at radius 2 is 2.13 bits per heavy atom. The standard InChI is InChI=1S/C11H12F2O2/c12-11(13)10-3-7(9-5-15-6-9)1-2-8(10)4-14/h1-3,9,11,14H,4-6H2. The fraction of sp³-hybridized carbons (Fsp3) is 0.455. The third-order valence-electron chi connectivity index (χ3n) is 2.68. The summed E-state index contributed by atoms with van der Waals surface area (Å²) in [6, 6.07) is 4.82. The monoisotopic (exact) mass is 214 g/mol. The lowest BCUT2D eigenvalue weighted by Crippen LogP contribution is -2.25. The second-order valence-electron chi connectivity index (χ2n) is 3.65. The zero-order chi connectivity index (χ0) is 10.8.